The fraction of sp³-hybridized carbons (Fsp3) is 0.105. The highest BCUT2D eigenvalue weighted by Gasteiger charge is 2.32. The summed E-state index contributed by atoms with van der Waals surface area (Å²) in [5, 5.41) is 19.0. The number of nitrogens with zero attached hydrogens (tertiary/aromatic N) is 2. The lowest BCUT2D eigenvalue weighted by atomic mass is 10.2. The van der Waals surface area contributed by atoms with Crippen molar-refractivity contribution in [3.63, 3.8) is 0 Å². The molecule has 8 nitrogen and oxygen atoms in total. The number of halogens is 1. The Morgan fingerprint density at radius 1 is 1.24 bits per heavy atom. The predicted molar refractivity (Wildman–Crippen MR) is 110 cm³/mol. The minimum absolute atomic E-state index is 0.225. The summed E-state index contributed by atoms with van der Waals surface area (Å²) in [7, 11) is 0. The summed E-state index contributed by atoms with van der Waals surface area (Å²) in [6.45, 7) is 0. The first-order valence-electron chi connectivity index (χ1n) is 8.29. The van der Waals surface area contributed by atoms with Crippen LogP contribution in [0.4, 0.5) is 0 Å². The zero-order valence-electron chi connectivity index (χ0n) is 14.7. The molecule has 1 aliphatic rings. The maximum atomic E-state index is 12.2. The Hall–Kier alpha value is -3.17. The van der Waals surface area contributed by atoms with Gasteiger partial charge < -0.3 is 15.2 Å². The Morgan fingerprint density at radius 2 is 2.00 bits per heavy atom. The molecule has 3 rings (SSSR count). The number of rotatable bonds is 6. The summed E-state index contributed by atoms with van der Waals surface area (Å²) in [6.07, 6.45) is 1.13. The van der Waals surface area contributed by atoms with Crippen LogP contribution in [0.2, 0.25) is 5.02 Å². The van der Waals surface area contributed by atoms with E-state index < -0.39 is 23.1 Å². The number of ether oxygens (including phenoxy) is 1. The molecule has 10 heteroatoms. The van der Waals surface area contributed by atoms with Crippen LogP contribution in [0.25, 0.3) is 0 Å². The second kappa shape index (κ2) is 9.35. The molecule has 1 saturated heterocycles. The molecule has 0 bridgehead atoms. The first kappa shape index (κ1) is 20.6. The third-order valence-electron chi connectivity index (χ3n) is 3.64. The van der Waals surface area contributed by atoms with Gasteiger partial charge >= 0.3 is 11.9 Å². The second-order valence-corrected chi connectivity index (χ2v) is 7.44. The number of carboxylic acids is 1. The SMILES string of the molecule is O=C(O)C[C@@H]1S/C(=N\N=C/c2cccc(OC(=O)c3ccc(Cl)cc3)c2)NC1=O. The maximum Gasteiger partial charge on any atom is 0.343 e. The van der Waals surface area contributed by atoms with E-state index in [0.29, 0.717) is 21.9 Å². The van der Waals surface area contributed by atoms with Gasteiger partial charge in [0.15, 0.2) is 5.17 Å². The Labute approximate surface area is 174 Å². The van der Waals surface area contributed by atoms with E-state index in [4.69, 9.17) is 21.4 Å². The zero-order chi connectivity index (χ0) is 20.8. The van der Waals surface area contributed by atoms with Crippen LogP contribution >= 0.6 is 23.4 Å². The monoisotopic (exact) mass is 431 g/mol. The van der Waals surface area contributed by atoms with Crippen LogP contribution in [0.1, 0.15) is 22.3 Å². The highest BCUT2D eigenvalue weighted by molar-refractivity contribution is 8.15. The van der Waals surface area contributed by atoms with E-state index in [1.54, 1.807) is 48.5 Å². The Kier molecular flexibility index (Phi) is 6.63. The van der Waals surface area contributed by atoms with E-state index in [0.717, 1.165) is 11.8 Å². The highest BCUT2D eigenvalue weighted by Crippen LogP contribution is 2.22. The minimum atomic E-state index is -1.06. The van der Waals surface area contributed by atoms with Crippen LogP contribution in [0, 0.1) is 0 Å². The van der Waals surface area contributed by atoms with Crippen LogP contribution in [0.15, 0.2) is 58.7 Å². The number of amides is 1. The van der Waals surface area contributed by atoms with Gasteiger partial charge in [-0.25, -0.2) is 4.79 Å². The summed E-state index contributed by atoms with van der Waals surface area (Å²) in [6, 6.07) is 13.0. The van der Waals surface area contributed by atoms with Gasteiger partial charge in [0, 0.05) is 5.02 Å². The topological polar surface area (TPSA) is 117 Å². The van der Waals surface area contributed by atoms with Crippen molar-refractivity contribution in [3.8, 4) is 5.75 Å². The summed E-state index contributed by atoms with van der Waals surface area (Å²) in [5.74, 6) is -1.67. The standard InChI is InChI=1S/C19H14ClN3O5S/c20-13-6-4-12(5-7-13)18(27)28-14-3-1-2-11(8-14)10-21-23-19-22-17(26)15(29-19)9-16(24)25/h1-8,10,15H,9H2,(H,24,25)(H,22,23,26)/b21-10-/t15-/m0/s1. The molecule has 148 valence electrons. The molecule has 29 heavy (non-hydrogen) atoms. The van der Waals surface area contributed by atoms with Crippen molar-refractivity contribution in [1.29, 1.82) is 0 Å². The van der Waals surface area contributed by atoms with E-state index in [1.165, 1.54) is 6.21 Å². The largest absolute Gasteiger partial charge is 0.481 e. The summed E-state index contributed by atoms with van der Waals surface area (Å²) in [4.78, 5) is 34.5. The highest BCUT2D eigenvalue weighted by atomic mass is 35.5. The number of carboxylic acid groups (broad SMARTS) is 1. The normalized spacial score (nSPS) is 17.5. The molecule has 0 unspecified atom stereocenters. The number of esters is 1. The number of thioether (sulfide) groups is 1. The van der Waals surface area contributed by atoms with Crippen LogP contribution in [0.3, 0.4) is 0 Å². The molecular formula is C19H14ClN3O5S. The lowest BCUT2D eigenvalue weighted by molar-refractivity contribution is -0.138. The molecule has 1 aliphatic heterocycles. The van der Waals surface area contributed by atoms with Gasteiger partial charge in [-0.3, -0.25) is 9.59 Å². The van der Waals surface area contributed by atoms with Gasteiger partial charge in [-0.2, -0.15) is 5.10 Å². The molecule has 2 N–H and O–H groups in total. The third kappa shape index (κ3) is 5.90. The molecule has 2 aromatic carbocycles. The Bertz CT molecular complexity index is 1010. The number of hydrogen-bond acceptors (Lipinski definition) is 7. The Morgan fingerprint density at radius 3 is 2.72 bits per heavy atom. The predicted octanol–water partition coefficient (Wildman–Crippen LogP) is 2.96. The summed E-state index contributed by atoms with van der Waals surface area (Å²) in [5.41, 5.74) is 0.983. The number of amidine groups is 1. The van der Waals surface area contributed by atoms with Crippen molar-refractivity contribution in [2.45, 2.75) is 11.7 Å². The number of benzene rings is 2. The zero-order valence-corrected chi connectivity index (χ0v) is 16.3. The minimum Gasteiger partial charge on any atom is -0.481 e. The second-order valence-electron chi connectivity index (χ2n) is 5.81. The fourth-order valence-corrected chi connectivity index (χ4v) is 3.34. The van der Waals surface area contributed by atoms with Crippen LogP contribution < -0.4 is 10.1 Å². The van der Waals surface area contributed by atoms with Gasteiger partial charge in [0.2, 0.25) is 5.91 Å². The molecule has 0 saturated carbocycles. The van der Waals surface area contributed by atoms with E-state index >= 15 is 0 Å². The molecule has 0 spiro atoms. The third-order valence-corrected chi connectivity index (χ3v) is 4.96. The lowest BCUT2D eigenvalue weighted by Gasteiger charge is -2.05. The molecule has 1 heterocycles. The van der Waals surface area contributed by atoms with Crippen LogP contribution in [0.5, 0.6) is 5.75 Å². The van der Waals surface area contributed by atoms with Gasteiger partial charge in [-0.05, 0) is 42.0 Å². The molecule has 1 fully saturated rings. The van der Waals surface area contributed by atoms with E-state index in [2.05, 4.69) is 15.5 Å². The molecule has 1 atom stereocenters. The number of carbonyl (C=O) groups excluding carboxylic acids is 2. The molecule has 0 aromatic heterocycles. The molecule has 2 aromatic rings. The number of aliphatic carboxylic acids is 1. The fourth-order valence-electron chi connectivity index (χ4n) is 2.30. The number of hydrogen-bond donors (Lipinski definition) is 2. The van der Waals surface area contributed by atoms with Crippen molar-refractivity contribution in [1.82, 2.24) is 5.32 Å². The quantitative estimate of drug-likeness (QED) is 0.314. The van der Waals surface area contributed by atoms with Gasteiger partial charge in [0.25, 0.3) is 0 Å². The van der Waals surface area contributed by atoms with Crippen molar-refractivity contribution in [3.05, 3.63) is 64.7 Å². The first-order chi connectivity index (χ1) is 13.9. The first-order valence-corrected chi connectivity index (χ1v) is 9.54. The van der Waals surface area contributed by atoms with Crippen molar-refractivity contribution >= 4 is 52.6 Å². The van der Waals surface area contributed by atoms with Crippen LogP contribution in [-0.4, -0.2) is 39.6 Å². The lowest BCUT2D eigenvalue weighted by Crippen LogP contribution is -2.26. The molecule has 1 amide bonds. The van der Waals surface area contributed by atoms with Crippen molar-refractivity contribution in [2.24, 2.45) is 10.2 Å². The molecule has 0 radical (unpaired) electrons. The number of carbonyl (C=O) groups is 3. The summed E-state index contributed by atoms with van der Waals surface area (Å²) >= 11 is 6.81. The average Bonchev–Trinajstić information content (AvgIpc) is 3.01. The summed E-state index contributed by atoms with van der Waals surface area (Å²) < 4.78 is 5.33. The smallest absolute Gasteiger partial charge is 0.343 e. The van der Waals surface area contributed by atoms with Gasteiger partial charge in [-0.1, -0.05) is 35.5 Å². The van der Waals surface area contributed by atoms with Crippen LogP contribution in [-0.2, 0) is 9.59 Å². The van der Waals surface area contributed by atoms with E-state index in [1.807, 2.05) is 0 Å². The number of nitrogens with one attached hydrogen (secondary N) is 1. The van der Waals surface area contributed by atoms with Crippen molar-refractivity contribution < 1.29 is 24.2 Å². The Balaban J connectivity index is 1.62. The van der Waals surface area contributed by atoms with Gasteiger partial charge in [0.1, 0.15) is 11.0 Å². The van der Waals surface area contributed by atoms with Crippen molar-refractivity contribution in [2.75, 3.05) is 0 Å². The molecular weight excluding hydrogens is 418 g/mol. The van der Waals surface area contributed by atoms with Gasteiger partial charge in [0.05, 0.1) is 18.2 Å². The average molecular weight is 432 g/mol. The molecule has 0 aliphatic carbocycles. The van der Waals surface area contributed by atoms with Gasteiger partial charge in [-0.15, -0.1) is 5.10 Å². The van der Waals surface area contributed by atoms with E-state index in [9.17, 15) is 14.4 Å². The maximum absolute atomic E-state index is 12.2. The van der Waals surface area contributed by atoms with E-state index in [-0.39, 0.29) is 11.6 Å².